The molecule has 1 atom stereocenters. The third-order valence-electron chi connectivity index (χ3n) is 3.93. The highest BCUT2D eigenvalue weighted by molar-refractivity contribution is 9.10. The van der Waals surface area contributed by atoms with Crippen molar-refractivity contribution in [3.8, 4) is 0 Å². The van der Waals surface area contributed by atoms with Gasteiger partial charge in [-0.25, -0.2) is 9.97 Å². The summed E-state index contributed by atoms with van der Waals surface area (Å²) in [6.07, 6.45) is 5.67. The number of amides is 1. The largest absolute Gasteiger partial charge is 0.355 e. The molecule has 0 radical (unpaired) electrons. The Labute approximate surface area is 144 Å². The van der Waals surface area contributed by atoms with Crippen LogP contribution in [0.5, 0.6) is 0 Å². The monoisotopic (exact) mass is 374 g/mol. The second-order valence-corrected chi connectivity index (χ2v) is 6.83. The molecule has 120 valence electrons. The van der Waals surface area contributed by atoms with Crippen LogP contribution in [0.4, 0.5) is 11.5 Å². The molecule has 23 heavy (non-hydrogen) atoms. The number of carbonyl (C=O) groups is 1. The van der Waals surface area contributed by atoms with Gasteiger partial charge in [0.05, 0.1) is 12.4 Å². The van der Waals surface area contributed by atoms with Crippen molar-refractivity contribution < 1.29 is 4.79 Å². The predicted molar refractivity (Wildman–Crippen MR) is 94.7 cm³/mol. The van der Waals surface area contributed by atoms with Crippen LogP contribution in [0.15, 0.2) is 41.1 Å². The summed E-state index contributed by atoms with van der Waals surface area (Å²) < 4.78 is 0.913. The molecule has 0 spiro atoms. The van der Waals surface area contributed by atoms with Gasteiger partial charge in [-0.05, 0) is 37.0 Å². The molecule has 1 fully saturated rings. The van der Waals surface area contributed by atoms with Crippen LogP contribution in [0.25, 0.3) is 0 Å². The van der Waals surface area contributed by atoms with Crippen molar-refractivity contribution in [1.82, 2.24) is 9.97 Å². The minimum atomic E-state index is -0.255. The average molecular weight is 375 g/mol. The van der Waals surface area contributed by atoms with Crippen LogP contribution in [0.3, 0.4) is 0 Å². The molecule has 1 N–H and O–H groups in total. The number of rotatable bonds is 3. The Morgan fingerprint density at radius 1 is 1.35 bits per heavy atom. The summed E-state index contributed by atoms with van der Waals surface area (Å²) in [5.41, 5.74) is 1.04. The molecule has 0 bridgehead atoms. The Hall–Kier alpha value is -1.95. The Bertz CT molecular complexity index is 689. The van der Waals surface area contributed by atoms with E-state index in [-0.39, 0.29) is 5.91 Å². The summed E-state index contributed by atoms with van der Waals surface area (Å²) in [6, 6.07) is 7.45. The van der Waals surface area contributed by atoms with Crippen LogP contribution in [0.2, 0.25) is 0 Å². The lowest BCUT2D eigenvalue weighted by atomic mass is 10.0. The van der Waals surface area contributed by atoms with Crippen LogP contribution >= 0.6 is 15.9 Å². The van der Waals surface area contributed by atoms with Gasteiger partial charge in [-0.3, -0.25) is 4.79 Å². The lowest BCUT2D eigenvalue weighted by Gasteiger charge is -2.31. The molecule has 1 aliphatic rings. The topological polar surface area (TPSA) is 58.1 Å². The highest BCUT2D eigenvalue weighted by Crippen LogP contribution is 2.21. The molecule has 0 saturated carbocycles. The summed E-state index contributed by atoms with van der Waals surface area (Å²) in [7, 11) is 0. The molecule has 1 aromatic heterocycles. The lowest BCUT2D eigenvalue weighted by Crippen LogP contribution is -2.35. The number of aromatic nitrogens is 2. The molecule has 1 saturated heterocycles. The molecule has 1 aromatic carbocycles. The van der Waals surface area contributed by atoms with E-state index in [4.69, 9.17) is 0 Å². The van der Waals surface area contributed by atoms with E-state index < -0.39 is 0 Å². The Morgan fingerprint density at radius 3 is 2.91 bits per heavy atom. The minimum Gasteiger partial charge on any atom is -0.355 e. The van der Waals surface area contributed by atoms with Gasteiger partial charge in [0.2, 0.25) is 0 Å². The van der Waals surface area contributed by atoms with Crippen LogP contribution in [-0.2, 0) is 0 Å². The van der Waals surface area contributed by atoms with E-state index in [1.807, 2.05) is 24.3 Å². The molecular weight excluding hydrogens is 356 g/mol. The summed E-state index contributed by atoms with van der Waals surface area (Å²) in [4.78, 5) is 23.1. The van der Waals surface area contributed by atoms with Gasteiger partial charge in [-0.15, -0.1) is 0 Å². The maximum Gasteiger partial charge on any atom is 0.275 e. The van der Waals surface area contributed by atoms with E-state index in [2.05, 4.69) is 43.0 Å². The molecule has 3 rings (SSSR count). The number of halogens is 1. The van der Waals surface area contributed by atoms with Gasteiger partial charge in [0.15, 0.2) is 0 Å². The van der Waals surface area contributed by atoms with Crippen LogP contribution in [-0.4, -0.2) is 29.0 Å². The third kappa shape index (κ3) is 4.07. The summed E-state index contributed by atoms with van der Waals surface area (Å²) >= 11 is 3.38. The van der Waals surface area contributed by atoms with Gasteiger partial charge in [0.25, 0.3) is 5.91 Å². The molecule has 2 aromatic rings. The molecule has 1 amide bonds. The number of nitrogens with zero attached hydrogens (tertiary/aromatic N) is 3. The molecule has 1 aliphatic heterocycles. The van der Waals surface area contributed by atoms with Crippen LogP contribution in [0, 0.1) is 5.92 Å². The number of anilines is 2. The van der Waals surface area contributed by atoms with E-state index in [1.54, 1.807) is 12.4 Å². The first-order chi connectivity index (χ1) is 11.1. The molecule has 6 heteroatoms. The number of hydrogen-bond donors (Lipinski definition) is 1. The van der Waals surface area contributed by atoms with Gasteiger partial charge in [0.1, 0.15) is 11.5 Å². The molecule has 1 unspecified atom stereocenters. The number of carbonyl (C=O) groups excluding carboxylic acids is 1. The van der Waals surface area contributed by atoms with Crippen molar-refractivity contribution in [2.75, 3.05) is 23.3 Å². The van der Waals surface area contributed by atoms with Crippen molar-refractivity contribution in [3.63, 3.8) is 0 Å². The van der Waals surface area contributed by atoms with E-state index >= 15 is 0 Å². The Kier molecular flexibility index (Phi) is 4.91. The van der Waals surface area contributed by atoms with Gasteiger partial charge in [-0.1, -0.05) is 28.9 Å². The van der Waals surface area contributed by atoms with E-state index in [1.165, 1.54) is 12.8 Å². The number of piperidine rings is 1. The van der Waals surface area contributed by atoms with Gasteiger partial charge >= 0.3 is 0 Å². The van der Waals surface area contributed by atoms with Gasteiger partial charge < -0.3 is 10.2 Å². The quantitative estimate of drug-likeness (QED) is 0.888. The summed E-state index contributed by atoms with van der Waals surface area (Å²) in [5, 5.41) is 2.82. The maximum absolute atomic E-state index is 12.2. The molecule has 2 heterocycles. The van der Waals surface area contributed by atoms with Crippen molar-refractivity contribution in [2.45, 2.75) is 19.8 Å². The Morgan fingerprint density at radius 2 is 2.22 bits per heavy atom. The zero-order chi connectivity index (χ0) is 16.2. The first kappa shape index (κ1) is 15.9. The number of benzene rings is 1. The Balaban J connectivity index is 1.68. The summed E-state index contributed by atoms with van der Waals surface area (Å²) in [6.45, 7) is 4.25. The second kappa shape index (κ2) is 7.08. The zero-order valence-corrected chi connectivity index (χ0v) is 14.6. The number of hydrogen-bond acceptors (Lipinski definition) is 4. The standard InChI is InChI=1S/C17H19BrN4O/c1-12-4-3-7-22(11-12)16-10-19-15(9-20-16)17(23)21-14-6-2-5-13(18)8-14/h2,5-6,8-10,12H,3-4,7,11H2,1H3,(H,21,23). The van der Waals surface area contributed by atoms with Crippen molar-refractivity contribution in [1.29, 1.82) is 0 Å². The van der Waals surface area contributed by atoms with Gasteiger partial charge in [0, 0.05) is 23.2 Å². The molecule has 5 nitrogen and oxygen atoms in total. The average Bonchev–Trinajstić information content (AvgIpc) is 2.55. The first-order valence-corrected chi connectivity index (χ1v) is 8.55. The highest BCUT2D eigenvalue weighted by Gasteiger charge is 2.18. The number of nitrogens with one attached hydrogen (secondary N) is 1. The SMILES string of the molecule is CC1CCCN(c2cnc(C(=O)Nc3cccc(Br)c3)cn2)C1. The molecular formula is C17H19BrN4O. The molecule has 0 aliphatic carbocycles. The van der Waals surface area contributed by atoms with E-state index in [0.29, 0.717) is 11.6 Å². The lowest BCUT2D eigenvalue weighted by molar-refractivity contribution is 0.102. The van der Waals surface area contributed by atoms with Gasteiger partial charge in [-0.2, -0.15) is 0 Å². The smallest absolute Gasteiger partial charge is 0.275 e. The predicted octanol–water partition coefficient (Wildman–Crippen LogP) is 3.73. The highest BCUT2D eigenvalue weighted by atomic mass is 79.9. The zero-order valence-electron chi connectivity index (χ0n) is 13.0. The van der Waals surface area contributed by atoms with Crippen LogP contribution < -0.4 is 10.2 Å². The minimum absolute atomic E-state index is 0.255. The van der Waals surface area contributed by atoms with E-state index in [0.717, 1.165) is 29.1 Å². The van der Waals surface area contributed by atoms with Crippen molar-refractivity contribution >= 4 is 33.3 Å². The fraction of sp³-hybridized carbons (Fsp3) is 0.353. The first-order valence-electron chi connectivity index (χ1n) is 7.76. The fourth-order valence-electron chi connectivity index (χ4n) is 2.76. The fourth-order valence-corrected chi connectivity index (χ4v) is 3.16. The second-order valence-electron chi connectivity index (χ2n) is 5.92. The van der Waals surface area contributed by atoms with Crippen molar-refractivity contribution in [3.05, 3.63) is 46.8 Å². The normalized spacial score (nSPS) is 17.8. The summed E-state index contributed by atoms with van der Waals surface area (Å²) in [5.74, 6) is 1.26. The van der Waals surface area contributed by atoms with Crippen molar-refractivity contribution in [2.24, 2.45) is 5.92 Å². The third-order valence-corrected chi connectivity index (χ3v) is 4.43. The van der Waals surface area contributed by atoms with E-state index in [9.17, 15) is 4.79 Å². The maximum atomic E-state index is 12.2. The van der Waals surface area contributed by atoms with Crippen LogP contribution in [0.1, 0.15) is 30.3 Å².